The minimum atomic E-state index is -0.562. The Labute approximate surface area is 188 Å². The van der Waals surface area contributed by atoms with Gasteiger partial charge in [0.15, 0.2) is 6.10 Å². The summed E-state index contributed by atoms with van der Waals surface area (Å²) >= 11 is 0. The molecule has 1 fully saturated rings. The highest BCUT2D eigenvalue weighted by atomic mass is 16.5. The zero-order chi connectivity index (χ0) is 22.8. The van der Waals surface area contributed by atoms with Gasteiger partial charge in [-0.2, -0.15) is 0 Å². The third-order valence-electron chi connectivity index (χ3n) is 6.19. The first-order valence-corrected chi connectivity index (χ1v) is 11.1. The van der Waals surface area contributed by atoms with Crippen LogP contribution in [0.15, 0.2) is 48.5 Å². The van der Waals surface area contributed by atoms with Gasteiger partial charge in [-0.1, -0.05) is 35.9 Å². The molecule has 0 spiro atoms. The molecule has 0 aliphatic carbocycles. The summed E-state index contributed by atoms with van der Waals surface area (Å²) in [6.45, 7) is 7.00. The second-order valence-corrected chi connectivity index (χ2v) is 8.61. The van der Waals surface area contributed by atoms with Crippen LogP contribution in [0.2, 0.25) is 0 Å². The number of pyridine rings is 1. The highest BCUT2D eigenvalue weighted by Gasteiger charge is 2.30. The minimum Gasteiger partial charge on any atom is -0.481 e. The fraction of sp³-hybridized carbons (Fsp3) is 0.346. The molecule has 6 nitrogen and oxygen atoms in total. The molecule has 2 heterocycles. The monoisotopic (exact) mass is 431 g/mol. The van der Waals surface area contributed by atoms with Crippen molar-refractivity contribution in [3.8, 4) is 5.75 Å². The van der Waals surface area contributed by atoms with Crippen molar-refractivity contribution in [1.82, 2.24) is 9.88 Å². The molecule has 1 saturated heterocycles. The number of carbonyl (C=O) groups is 2. The van der Waals surface area contributed by atoms with E-state index < -0.39 is 12.0 Å². The predicted molar refractivity (Wildman–Crippen MR) is 125 cm³/mol. The number of likely N-dealkylation sites (tertiary alicyclic amines) is 1. The Balaban J connectivity index is 1.45. The van der Waals surface area contributed by atoms with E-state index in [1.807, 2.05) is 67.3 Å². The number of primary amides is 1. The summed E-state index contributed by atoms with van der Waals surface area (Å²) in [7, 11) is 0. The molecule has 166 valence electrons. The van der Waals surface area contributed by atoms with E-state index in [2.05, 4.69) is 0 Å². The van der Waals surface area contributed by atoms with Crippen molar-refractivity contribution in [2.45, 2.75) is 45.6 Å². The van der Waals surface area contributed by atoms with E-state index >= 15 is 0 Å². The minimum absolute atomic E-state index is 0.0231. The molecule has 1 aliphatic rings. The number of aromatic nitrogens is 1. The van der Waals surface area contributed by atoms with Crippen LogP contribution in [0.5, 0.6) is 5.75 Å². The zero-order valence-electron chi connectivity index (χ0n) is 18.8. The molecule has 1 aliphatic heterocycles. The summed E-state index contributed by atoms with van der Waals surface area (Å²) in [6.07, 6.45) is 0.898. The molecule has 0 saturated carbocycles. The average molecular weight is 432 g/mol. The molecule has 1 atom stereocenters. The van der Waals surface area contributed by atoms with E-state index in [0.29, 0.717) is 18.7 Å². The standard InChI is InChI=1S/C26H29N3O3/c1-16-8-9-23(17(2)14-16)32-18(3)26(31)29-12-10-19(11-13-29)24-21(25(27)30)15-20-6-4-5-7-22(20)28-24/h4-9,14-15,18-19H,10-13H2,1-3H3,(H2,27,30). The van der Waals surface area contributed by atoms with E-state index in [-0.39, 0.29) is 11.8 Å². The van der Waals surface area contributed by atoms with E-state index in [9.17, 15) is 9.59 Å². The quantitative estimate of drug-likeness (QED) is 0.658. The summed E-state index contributed by atoms with van der Waals surface area (Å²) in [5.74, 6) is 0.330. The van der Waals surface area contributed by atoms with Gasteiger partial charge in [-0.15, -0.1) is 0 Å². The largest absolute Gasteiger partial charge is 0.481 e. The fourth-order valence-corrected chi connectivity index (χ4v) is 4.44. The van der Waals surface area contributed by atoms with E-state index in [0.717, 1.165) is 46.3 Å². The van der Waals surface area contributed by atoms with Gasteiger partial charge in [-0.3, -0.25) is 14.6 Å². The topological polar surface area (TPSA) is 85.5 Å². The van der Waals surface area contributed by atoms with Crippen molar-refractivity contribution in [3.05, 3.63) is 70.9 Å². The fourth-order valence-electron chi connectivity index (χ4n) is 4.44. The molecular weight excluding hydrogens is 402 g/mol. The van der Waals surface area contributed by atoms with Gasteiger partial charge in [0.1, 0.15) is 5.75 Å². The number of para-hydroxylation sites is 1. The van der Waals surface area contributed by atoms with Crippen LogP contribution >= 0.6 is 0 Å². The Hall–Kier alpha value is -3.41. The molecule has 6 heteroatoms. The second kappa shape index (κ2) is 8.99. The number of hydrogen-bond donors (Lipinski definition) is 1. The molecule has 0 bridgehead atoms. The number of amides is 2. The van der Waals surface area contributed by atoms with Crippen LogP contribution in [0.25, 0.3) is 10.9 Å². The summed E-state index contributed by atoms with van der Waals surface area (Å²) < 4.78 is 5.96. The molecule has 3 aromatic rings. The number of rotatable bonds is 5. The number of benzene rings is 2. The van der Waals surface area contributed by atoms with Gasteiger partial charge in [0, 0.05) is 24.4 Å². The van der Waals surface area contributed by atoms with Gasteiger partial charge in [0.2, 0.25) is 0 Å². The van der Waals surface area contributed by atoms with Gasteiger partial charge in [-0.05, 0) is 57.4 Å². The Morgan fingerprint density at radius 1 is 1.09 bits per heavy atom. The number of nitrogens with zero attached hydrogens (tertiary/aromatic N) is 2. The first kappa shape index (κ1) is 21.8. The third kappa shape index (κ3) is 4.44. The smallest absolute Gasteiger partial charge is 0.263 e. The summed E-state index contributed by atoms with van der Waals surface area (Å²) in [5.41, 5.74) is 9.90. The van der Waals surface area contributed by atoms with Crippen molar-refractivity contribution in [1.29, 1.82) is 0 Å². The number of aryl methyl sites for hydroxylation is 2. The summed E-state index contributed by atoms with van der Waals surface area (Å²) in [4.78, 5) is 31.7. The van der Waals surface area contributed by atoms with Crippen LogP contribution in [0.4, 0.5) is 0 Å². The van der Waals surface area contributed by atoms with Gasteiger partial charge in [0.25, 0.3) is 11.8 Å². The van der Waals surface area contributed by atoms with Crippen LogP contribution < -0.4 is 10.5 Å². The second-order valence-electron chi connectivity index (χ2n) is 8.61. The maximum Gasteiger partial charge on any atom is 0.263 e. The maximum atomic E-state index is 13.0. The Morgan fingerprint density at radius 2 is 1.81 bits per heavy atom. The highest BCUT2D eigenvalue weighted by molar-refractivity contribution is 5.97. The Morgan fingerprint density at radius 3 is 2.50 bits per heavy atom. The average Bonchev–Trinajstić information content (AvgIpc) is 2.79. The lowest BCUT2D eigenvalue weighted by atomic mass is 9.89. The molecule has 4 rings (SSSR count). The van der Waals surface area contributed by atoms with Gasteiger partial charge in [-0.25, -0.2) is 0 Å². The van der Waals surface area contributed by atoms with Crippen molar-refractivity contribution in [3.63, 3.8) is 0 Å². The Kier molecular flexibility index (Phi) is 6.12. The van der Waals surface area contributed by atoms with Gasteiger partial charge in [0.05, 0.1) is 16.8 Å². The first-order chi connectivity index (χ1) is 15.3. The van der Waals surface area contributed by atoms with E-state index in [1.54, 1.807) is 6.92 Å². The predicted octanol–water partition coefficient (Wildman–Crippen LogP) is 4.12. The van der Waals surface area contributed by atoms with Crippen molar-refractivity contribution < 1.29 is 14.3 Å². The van der Waals surface area contributed by atoms with E-state index in [1.165, 1.54) is 0 Å². The van der Waals surface area contributed by atoms with Crippen LogP contribution in [-0.4, -0.2) is 40.9 Å². The molecule has 2 amide bonds. The normalized spacial score (nSPS) is 15.5. The lowest BCUT2D eigenvalue weighted by Crippen LogP contribution is -2.44. The van der Waals surface area contributed by atoms with Crippen LogP contribution in [0, 0.1) is 13.8 Å². The van der Waals surface area contributed by atoms with Crippen molar-refractivity contribution >= 4 is 22.7 Å². The van der Waals surface area contributed by atoms with E-state index in [4.69, 9.17) is 15.5 Å². The molecule has 0 radical (unpaired) electrons. The Bertz CT molecular complexity index is 1170. The molecule has 32 heavy (non-hydrogen) atoms. The van der Waals surface area contributed by atoms with Crippen LogP contribution in [0.3, 0.4) is 0 Å². The SMILES string of the molecule is Cc1ccc(OC(C)C(=O)N2CCC(c3nc4ccccc4cc3C(N)=O)CC2)c(C)c1. The highest BCUT2D eigenvalue weighted by Crippen LogP contribution is 2.31. The molecular formula is C26H29N3O3. The number of piperidine rings is 1. The zero-order valence-corrected chi connectivity index (χ0v) is 18.8. The number of hydrogen-bond acceptors (Lipinski definition) is 4. The molecule has 1 unspecified atom stereocenters. The third-order valence-corrected chi connectivity index (χ3v) is 6.19. The van der Waals surface area contributed by atoms with Gasteiger partial charge < -0.3 is 15.4 Å². The summed E-state index contributed by atoms with van der Waals surface area (Å²) in [6, 6.07) is 15.5. The molecule has 2 N–H and O–H groups in total. The number of ether oxygens (including phenoxy) is 1. The number of fused-ring (bicyclic) bond motifs is 1. The first-order valence-electron chi connectivity index (χ1n) is 11.1. The number of nitrogens with two attached hydrogens (primary N) is 1. The number of carbonyl (C=O) groups excluding carboxylic acids is 2. The van der Waals surface area contributed by atoms with Crippen LogP contribution in [-0.2, 0) is 4.79 Å². The molecule has 1 aromatic heterocycles. The van der Waals surface area contributed by atoms with Crippen LogP contribution in [0.1, 0.15) is 52.9 Å². The summed E-state index contributed by atoms with van der Waals surface area (Å²) in [5, 5.41) is 0.898. The maximum absolute atomic E-state index is 13.0. The lowest BCUT2D eigenvalue weighted by Gasteiger charge is -2.34. The van der Waals surface area contributed by atoms with Crippen molar-refractivity contribution in [2.24, 2.45) is 5.73 Å². The lowest BCUT2D eigenvalue weighted by molar-refractivity contribution is -0.139. The molecule has 2 aromatic carbocycles. The van der Waals surface area contributed by atoms with Crippen molar-refractivity contribution in [2.75, 3.05) is 13.1 Å². The van der Waals surface area contributed by atoms with Gasteiger partial charge >= 0.3 is 0 Å².